The van der Waals surface area contributed by atoms with Gasteiger partial charge in [0, 0.05) is 37.2 Å². The Morgan fingerprint density at radius 2 is 0.977 bits per heavy atom. The monoisotopic (exact) mass is 577 g/mol. The average molecular weight is 578 g/mol. The van der Waals surface area contributed by atoms with Crippen LogP contribution in [0.5, 0.6) is 0 Å². The molecule has 1 aromatic heterocycles. The fourth-order valence-corrected chi connectivity index (χ4v) is 7.92. The quantitative estimate of drug-likeness (QED) is 0.188. The van der Waals surface area contributed by atoms with Crippen LogP contribution in [0, 0.1) is 0 Å². The predicted octanol–water partition coefficient (Wildman–Crippen LogP) is 12.7. The standard InChI is InChI=1S/C42H27NS/c1-2-11-31(12-3-1)43(33-24-25-37-36-15-8-9-17-40(36)44-41(37)27-33)32-22-20-29(21-23-32)39-26-30-19-18-28-10-4-5-13-34(28)42(30)38-16-7-6-14-35(38)39/h1-27H. The highest BCUT2D eigenvalue weighted by atomic mass is 32.1. The van der Waals surface area contributed by atoms with Gasteiger partial charge in [0.25, 0.3) is 0 Å². The van der Waals surface area contributed by atoms with Gasteiger partial charge in [0.2, 0.25) is 0 Å². The topological polar surface area (TPSA) is 3.24 Å². The highest BCUT2D eigenvalue weighted by Gasteiger charge is 2.16. The van der Waals surface area contributed by atoms with E-state index in [-0.39, 0.29) is 0 Å². The lowest BCUT2D eigenvalue weighted by atomic mass is 9.91. The van der Waals surface area contributed by atoms with Crippen molar-refractivity contribution in [2.45, 2.75) is 0 Å². The first kappa shape index (κ1) is 25.1. The summed E-state index contributed by atoms with van der Waals surface area (Å²) in [6, 6.07) is 59.7. The summed E-state index contributed by atoms with van der Waals surface area (Å²) in [6.07, 6.45) is 0. The van der Waals surface area contributed by atoms with E-state index in [2.05, 4.69) is 169 Å². The fraction of sp³-hybridized carbons (Fsp3) is 0. The lowest BCUT2D eigenvalue weighted by Gasteiger charge is -2.26. The maximum absolute atomic E-state index is 2.36. The first-order chi connectivity index (χ1) is 21.8. The van der Waals surface area contributed by atoms with Crippen LogP contribution in [0.25, 0.3) is 63.6 Å². The Morgan fingerprint density at radius 3 is 1.82 bits per heavy atom. The van der Waals surface area contributed by atoms with Gasteiger partial charge in [-0.25, -0.2) is 0 Å². The summed E-state index contributed by atoms with van der Waals surface area (Å²) in [6.45, 7) is 0. The van der Waals surface area contributed by atoms with Crippen LogP contribution in [0.4, 0.5) is 17.1 Å². The lowest BCUT2D eigenvalue weighted by molar-refractivity contribution is 1.29. The van der Waals surface area contributed by atoms with Crippen molar-refractivity contribution in [1.82, 2.24) is 0 Å². The van der Waals surface area contributed by atoms with Crippen LogP contribution in [0.15, 0.2) is 164 Å². The summed E-state index contributed by atoms with van der Waals surface area (Å²) < 4.78 is 2.63. The van der Waals surface area contributed by atoms with E-state index in [4.69, 9.17) is 0 Å². The third kappa shape index (κ3) is 4.00. The average Bonchev–Trinajstić information content (AvgIpc) is 3.47. The zero-order valence-corrected chi connectivity index (χ0v) is 24.8. The third-order valence-electron chi connectivity index (χ3n) is 8.82. The number of rotatable bonds is 4. The number of anilines is 3. The van der Waals surface area contributed by atoms with Crippen molar-refractivity contribution in [3.05, 3.63) is 164 Å². The molecule has 0 amide bonds. The van der Waals surface area contributed by atoms with Crippen LogP contribution in [0.3, 0.4) is 0 Å². The Hall–Kier alpha value is -5.44. The molecule has 1 heterocycles. The Morgan fingerprint density at radius 1 is 0.364 bits per heavy atom. The molecule has 44 heavy (non-hydrogen) atoms. The molecule has 0 aliphatic carbocycles. The summed E-state index contributed by atoms with van der Waals surface area (Å²) in [5, 5.41) is 10.4. The number of nitrogens with zero attached hydrogens (tertiary/aromatic N) is 1. The number of fused-ring (bicyclic) bond motifs is 8. The van der Waals surface area contributed by atoms with E-state index in [9.17, 15) is 0 Å². The summed E-state index contributed by atoms with van der Waals surface area (Å²) in [4.78, 5) is 2.36. The fourth-order valence-electron chi connectivity index (χ4n) is 6.79. The van der Waals surface area contributed by atoms with E-state index in [0.717, 1.165) is 17.1 Å². The number of benzene rings is 8. The normalized spacial score (nSPS) is 11.6. The van der Waals surface area contributed by atoms with Crippen molar-refractivity contribution in [2.75, 3.05) is 4.90 Å². The Labute approximate surface area is 259 Å². The third-order valence-corrected chi connectivity index (χ3v) is 9.95. The molecule has 0 atom stereocenters. The van der Waals surface area contributed by atoms with E-state index in [1.54, 1.807) is 0 Å². The highest BCUT2D eigenvalue weighted by molar-refractivity contribution is 7.25. The molecule has 0 N–H and O–H groups in total. The summed E-state index contributed by atoms with van der Waals surface area (Å²) in [7, 11) is 0. The predicted molar refractivity (Wildman–Crippen MR) is 192 cm³/mol. The largest absolute Gasteiger partial charge is 0.310 e. The van der Waals surface area contributed by atoms with E-state index in [1.807, 2.05) is 11.3 Å². The SMILES string of the molecule is c1ccc(N(c2ccc(-c3cc4ccc5ccccc5c4c4ccccc34)cc2)c2ccc3c(c2)sc2ccccc23)cc1. The van der Waals surface area contributed by atoms with Gasteiger partial charge in [0.1, 0.15) is 0 Å². The molecule has 1 nitrogen and oxygen atoms in total. The molecule has 8 aromatic carbocycles. The van der Waals surface area contributed by atoms with Crippen LogP contribution in [0.1, 0.15) is 0 Å². The number of hydrogen-bond acceptors (Lipinski definition) is 2. The molecule has 0 unspecified atom stereocenters. The minimum absolute atomic E-state index is 1.14. The first-order valence-electron chi connectivity index (χ1n) is 15.0. The number of thiophene rings is 1. The van der Waals surface area contributed by atoms with Crippen molar-refractivity contribution in [1.29, 1.82) is 0 Å². The molecule has 206 valence electrons. The summed E-state index contributed by atoms with van der Waals surface area (Å²) >= 11 is 1.86. The summed E-state index contributed by atoms with van der Waals surface area (Å²) in [5.41, 5.74) is 5.91. The van der Waals surface area contributed by atoms with Gasteiger partial charge in [-0.05, 0) is 92.0 Å². The molecule has 0 radical (unpaired) electrons. The smallest absolute Gasteiger partial charge is 0.0476 e. The van der Waals surface area contributed by atoms with Crippen LogP contribution in [-0.2, 0) is 0 Å². The molecule has 0 fully saturated rings. The van der Waals surface area contributed by atoms with E-state index < -0.39 is 0 Å². The van der Waals surface area contributed by atoms with Gasteiger partial charge in [-0.1, -0.05) is 115 Å². The van der Waals surface area contributed by atoms with Crippen LogP contribution >= 0.6 is 11.3 Å². The van der Waals surface area contributed by atoms with Gasteiger partial charge >= 0.3 is 0 Å². The second-order valence-electron chi connectivity index (χ2n) is 11.4. The zero-order valence-electron chi connectivity index (χ0n) is 23.9. The Kier molecular flexibility index (Phi) is 5.75. The number of para-hydroxylation sites is 1. The maximum atomic E-state index is 2.36. The van der Waals surface area contributed by atoms with Gasteiger partial charge in [0.15, 0.2) is 0 Å². The van der Waals surface area contributed by atoms with Crippen LogP contribution in [0.2, 0.25) is 0 Å². The minimum Gasteiger partial charge on any atom is -0.310 e. The van der Waals surface area contributed by atoms with Crippen molar-refractivity contribution in [3.8, 4) is 11.1 Å². The minimum atomic E-state index is 1.14. The molecule has 0 spiro atoms. The maximum Gasteiger partial charge on any atom is 0.0476 e. The van der Waals surface area contributed by atoms with Crippen LogP contribution < -0.4 is 4.90 Å². The second-order valence-corrected chi connectivity index (χ2v) is 12.4. The molecule has 0 saturated carbocycles. The Balaban J connectivity index is 1.19. The molecular formula is C42H27NS. The molecule has 9 aromatic rings. The molecule has 0 saturated heterocycles. The zero-order chi connectivity index (χ0) is 29.0. The lowest BCUT2D eigenvalue weighted by Crippen LogP contribution is -2.09. The van der Waals surface area contributed by atoms with E-state index in [1.165, 1.54) is 63.6 Å². The van der Waals surface area contributed by atoms with Crippen molar-refractivity contribution in [3.63, 3.8) is 0 Å². The molecular weight excluding hydrogens is 551 g/mol. The van der Waals surface area contributed by atoms with Crippen molar-refractivity contribution >= 4 is 80.9 Å². The highest BCUT2D eigenvalue weighted by Crippen LogP contribution is 2.42. The second kappa shape index (κ2) is 10.1. The van der Waals surface area contributed by atoms with Gasteiger partial charge in [0.05, 0.1) is 0 Å². The summed E-state index contributed by atoms with van der Waals surface area (Å²) in [5.74, 6) is 0. The van der Waals surface area contributed by atoms with Gasteiger partial charge in [-0.15, -0.1) is 11.3 Å². The Bertz CT molecular complexity index is 2490. The van der Waals surface area contributed by atoms with Gasteiger partial charge in [-0.2, -0.15) is 0 Å². The molecule has 0 aliphatic rings. The first-order valence-corrected chi connectivity index (χ1v) is 15.8. The van der Waals surface area contributed by atoms with Crippen LogP contribution in [-0.4, -0.2) is 0 Å². The number of hydrogen-bond donors (Lipinski definition) is 0. The molecule has 0 bridgehead atoms. The molecule has 9 rings (SSSR count). The molecule has 2 heteroatoms. The van der Waals surface area contributed by atoms with Gasteiger partial charge in [-0.3, -0.25) is 0 Å². The van der Waals surface area contributed by atoms with Gasteiger partial charge < -0.3 is 4.90 Å². The van der Waals surface area contributed by atoms with E-state index in [0.29, 0.717) is 0 Å². The molecule has 0 aliphatic heterocycles. The van der Waals surface area contributed by atoms with Crippen molar-refractivity contribution in [2.24, 2.45) is 0 Å². The van der Waals surface area contributed by atoms with E-state index >= 15 is 0 Å². The van der Waals surface area contributed by atoms with Crippen molar-refractivity contribution < 1.29 is 0 Å².